The lowest BCUT2D eigenvalue weighted by atomic mass is 10.1. The third-order valence-electron chi connectivity index (χ3n) is 5.27. The maximum atomic E-state index is 13.6. The van der Waals surface area contributed by atoms with Crippen molar-refractivity contribution in [3.8, 4) is 17.0 Å². The molecule has 0 saturated carbocycles. The minimum atomic E-state index is -2.79. The lowest BCUT2D eigenvalue weighted by Crippen LogP contribution is -2.46. The van der Waals surface area contributed by atoms with E-state index in [4.69, 9.17) is 4.74 Å². The molecule has 1 aliphatic rings. The lowest BCUT2D eigenvalue weighted by Gasteiger charge is -2.27. The molecular formula is C21H22F2N8O. The highest BCUT2D eigenvalue weighted by Gasteiger charge is 2.23. The molecule has 0 aliphatic carbocycles. The number of alkyl halides is 2. The fraction of sp³-hybridized carbons (Fsp3) is 0.333. The molecule has 0 aromatic carbocycles. The first kappa shape index (κ1) is 20.3. The van der Waals surface area contributed by atoms with Gasteiger partial charge < -0.3 is 15.4 Å². The SMILES string of the molecule is Cc1cc(Nc2cc3cc(-c4c(OC[C@H]5CCN5)cnn4C(F)F)ccn3n2)nc(C)n1. The molecule has 1 fully saturated rings. The third-order valence-corrected chi connectivity index (χ3v) is 5.27. The van der Waals surface area contributed by atoms with E-state index in [1.807, 2.05) is 26.0 Å². The van der Waals surface area contributed by atoms with E-state index in [0.717, 1.165) is 24.2 Å². The van der Waals surface area contributed by atoms with E-state index in [0.29, 0.717) is 40.1 Å². The summed E-state index contributed by atoms with van der Waals surface area (Å²) < 4.78 is 35.4. The molecule has 166 valence electrons. The van der Waals surface area contributed by atoms with E-state index in [9.17, 15) is 8.78 Å². The normalized spacial score (nSPS) is 15.8. The number of halogens is 2. The Hall–Kier alpha value is -3.60. The zero-order chi connectivity index (χ0) is 22.2. The van der Waals surface area contributed by atoms with Gasteiger partial charge in [-0.15, -0.1) is 0 Å². The van der Waals surface area contributed by atoms with Gasteiger partial charge >= 0.3 is 6.55 Å². The smallest absolute Gasteiger partial charge is 0.333 e. The van der Waals surface area contributed by atoms with Crippen LogP contribution in [0.2, 0.25) is 0 Å². The molecule has 0 amide bonds. The van der Waals surface area contributed by atoms with Crippen LogP contribution < -0.4 is 15.4 Å². The van der Waals surface area contributed by atoms with E-state index < -0.39 is 6.55 Å². The van der Waals surface area contributed by atoms with Crippen LogP contribution in [0.3, 0.4) is 0 Å². The van der Waals surface area contributed by atoms with Crippen LogP contribution in [0.5, 0.6) is 5.75 Å². The second-order valence-corrected chi connectivity index (χ2v) is 7.71. The highest BCUT2D eigenvalue weighted by atomic mass is 19.3. The largest absolute Gasteiger partial charge is 0.488 e. The number of pyridine rings is 1. The Balaban J connectivity index is 1.46. The van der Waals surface area contributed by atoms with E-state index in [-0.39, 0.29) is 11.7 Å². The number of ether oxygens (including phenoxy) is 1. The summed E-state index contributed by atoms with van der Waals surface area (Å²) in [5.41, 5.74) is 2.36. The van der Waals surface area contributed by atoms with Crippen LogP contribution in [0.25, 0.3) is 16.8 Å². The number of aromatic nitrogens is 6. The summed E-state index contributed by atoms with van der Waals surface area (Å²) in [5.74, 6) is 2.20. The Morgan fingerprint density at radius 1 is 1.22 bits per heavy atom. The summed E-state index contributed by atoms with van der Waals surface area (Å²) in [6, 6.07) is 7.37. The molecule has 32 heavy (non-hydrogen) atoms. The Morgan fingerprint density at radius 2 is 2.06 bits per heavy atom. The number of rotatable bonds is 7. The first-order valence-corrected chi connectivity index (χ1v) is 10.3. The molecule has 0 radical (unpaired) electrons. The van der Waals surface area contributed by atoms with E-state index >= 15 is 0 Å². The molecule has 2 N–H and O–H groups in total. The van der Waals surface area contributed by atoms with Crippen LogP contribution in [-0.4, -0.2) is 48.6 Å². The predicted octanol–water partition coefficient (Wildman–Crippen LogP) is 3.48. The summed E-state index contributed by atoms with van der Waals surface area (Å²) in [4.78, 5) is 8.62. The third kappa shape index (κ3) is 3.98. The van der Waals surface area contributed by atoms with Gasteiger partial charge in [-0.3, -0.25) is 0 Å². The van der Waals surface area contributed by atoms with Gasteiger partial charge in [0, 0.05) is 35.6 Å². The first-order valence-electron chi connectivity index (χ1n) is 10.3. The summed E-state index contributed by atoms with van der Waals surface area (Å²) in [5, 5.41) is 14.7. The van der Waals surface area contributed by atoms with Crippen molar-refractivity contribution in [1.82, 2.24) is 34.7 Å². The van der Waals surface area contributed by atoms with Gasteiger partial charge in [-0.05, 0) is 38.9 Å². The van der Waals surface area contributed by atoms with Crippen molar-refractivity contribution in [3.63, 3.8) is 0 Å². The molecule has 1 atom stereocenters. The van der Waals surface area contributed by atoms with Crippen molar-refractivity contribution in [2.24, 2.45) is 0 Å². The van der Waals surface area contributed by atoms with Crippen molar-refractivity contribution >= 4 is 17.2 Å². The molecule has 5 rings (SSSR count). The molecule has 5 heterocycles. The van der Waals surface area contributed by atoms with Crippen LogP contribution in [0.4, 0.5) is 20.4 Å². The molecule has 1 saturated heterocycles. The zero-order valence-corrected chi connectivity index (χ0v) is 17.6. The monoisotopic (exact) mass is 440 g/mol. The van der Waals surface area contributed by atoms with E-state index in [2.05, 4.69) is 30.8 Å². The number of anilines is 2. The van der Waals surface area contributed by atoms with Gasteiger partial charge in [-0.2, -0.15) is 23.7 Å². The van der Waals surface area contributed by atoms with Gasteiger partial charge in [0.1, 0.15) is 23.9 Å². The molecule has 4 aromatic rings. The number of aryl methyl sites for hydroxylation is 2. The van der Waals surface area contributed by atoms with Gasteiger partial charge in [-0.25, -0.2) is 14.5 Å². The lowest BCUT2D eigenvalue weighted by molar-refractivity contribution is 0.0582. The predicted molar refractivity (Wildman–Crippen MR) is 114 cm³/mol. The fourth-order valence-electron chi connectivity index (χ4n) is 3.67. The first-order chi connectivity index (χ1) is 15.5. The molecule has 4 aromatic heterocycles. The average Bonchev–Trinajstić information content (AvgIpc) is 3.28. The van der Waals surface area contributed by atoms with E-state index in [1.165, 1.54) is 6.20 Å². The minimum Gasteiger partial charge on any atom is -0.488 e. The van der Waals surface area contributed by atoms with Crippen LogP contribution in [0.1, 0.15) is 24.5 Å². The van der Waals surface area contributed by atoms with E-state index in [1.54, 1.807) is 22.8 Å². The highest BCUT2D eigenvalue weighted by Crippen LogP contribution is 2.34. The van der Waals surface area contributed by atoms with Crippen molar-refractivity contribution in [3.05, 3.63) is 48.2 Å². The van der Waals surface area contributed by atoms with Crippen LogP contribution in [0.15, 0.2) is 36.7 Å². The average molecular weight is 440 g/mol. The van der Waals surface area contributed by atoms with Crippen molar-refractivity contribution in [1.29, 1.82) is 0 Å². The molecule has 9 nitrogen and oxygen atoms in total. The van der Waals surface area contributed by atoms with Crippen LogP contribution in [-0.2, 0) is 0 Å². The van der Waals surface area contributed by atoms with Gasteiger partial charge in [0.15, 0.2) is 11.6 Å². The molecule has 11 heteroatoms. The maximum absolute atomic E-state index is 13.6. The number of nitrogens with one attached hydrogen (secondary N) is 2. The van der Waals surface area contributed by atoms with Crippen molar-refractivity contribution in [2.45, 2.75) is 32.9 Å². The van der Waals surface area contributed by atoms with Crippen LogP contribution >= 0.6 is 0 Å². The van der Waals surface area contributed by atoms with Gasteiger partial charge in [-0.1, -0.05) is 0 Å². The number of hydrogen-bond acceptors (Lipinski definition) is 7. The van der Waals surface area contributed by atoms with Gasteiger partial charge in [0.2, 0.25) is 0 Å². The Bertz CT molecular complexity index is 1240. The molecule has 0 bridgehead atoms. The molecular weight excluding hydrogens is 418 g/mol. The summed E-state index contributed by atoms with van der Waals surface area (Å²) in [7, 11) is 0. The number of nitrogens with zero attached hydrogens (tertiary/aromatic N) is 6. The molecule has 0 unspecified atom stereocenters. The zero-order valence-electron chi connectivity index (χ0n) is 17.6. The summed E-state index contributed by atoms with van der Waals surface area (Å²) >= 11 is 0. The van der Waals surface area contributed by atoms with Crippen molar-refractivity contribution < 1.29 is 13.5 Å². The quantitative estimate of drug-likeness (QED) is 0.454. The van der Waals surface area contributed by atoms with Gasteiger partial charge in [0.05, 0.1) is 11.7 Å². The Morgan fingerprint density at radius 3 is 2.78 bits per heavy atom. The molecule has 0 spiro atoms. The Labute approximate surface area is 182 Å². The minimum absolute atomic E-state index is 0.234. The number of fused-ring (bicyclic) bond motifs is 1. The maximum Gasteiger partial charge on any atom is 0.333 e. The summed E-state index contributed by atoms with van der Waals surface area (Å²) in [6.07, 6.45) is 4.06. The van der Waals surface area contributed by atoms with Crippen LogP contribution in [0, 0.1) is 13.8 Å². The fourth-order valence-corrected chi connectivity index (χ4v) is 3.67. The number of hydrogen-bond donors (Lipinski definition) is 2. The standard InChI is InChI=1S/C21H22F2N8O/c1-12-7-18(27-13(2)26-12)28-19-9-16-8-14(4-6-30(16)29-19)20-17(10-25-31(20)21(22)23)32-11-15-3-5-24-15/h4,6-10,15,21,24H,3,5,11H2,1-2H3,(H,26,27,28,29)/t15-/m1/s1. The molecule has 1 aliphatic heterocycles. The summed E-state index contributed by atoms with van der Waals surface area (Å²) in [6.45, 7) is 2.28. The second-order valence-electron chi connectivity index (χ2n) is 7.71. The Kier molecular flexibility index (Phi) is 5.17. The highest BCUT2D eigenvalue weighted by molar-refractivity contribution is 5.73. The van der Waals surface area contributed by atoms with Gasteiger partial charge in [0.25, 0.3) is 0 Å². The van der Waals surface area contributed by atoms with Crippen molar-refractivity contribution in [2.75, 3.05) is 18.5 Å². The topological polar surface area (TPSA) is 94.2 Å². The second kappa shape index (κ2) is 8.15.